The first-order chi connectivity index (χ1) is 12.8. The predicted molar refractivity (Wildman–Crippen MR) is 110 cm³/mol. The van der Waals surface area contributed by atoms with Crippen LogP contribution in [0.25, 0.3) is 12.2 Å². The van der Waals surface area contributed by atoms with Crippen LogP contribution in [0.2, 0.25) is 5.02 Å². The van der Waals surface area contributed by atoms with E-state index < -0.39 is 0 Å². The fourth-order valence-corrected chi connectivity index (χ4v) is 3.71. The first-order valence-electron chi connectivity index (χ1n) is 8.89. The molecule has 0 aromatic heterocycles. The highest BCUT2D eigenvalue weighted by Crippen LogP contribution is 2.32. The van der Waals surface area contributed by atoms with Gasteiger partial charge in [-0.05, 0) is 35.4 Å². The van der Waals surface area contributed by atoms with Gasteiger partial charge in [-0.2, -0.15) is 0 Å². The van der Waals surface area contributed by atoms with Crippen molar-refractivity contribution in [3.8, 4) is 5.75 Å². The Morgan fingerprint density at radius 3 is 2.73 bits per heavy atom. The third-order valence-electron chi connectivity index (χ3n) is 4.93. The number of rotatable bonds is 2. The second kappa shape index (κ2) is 7.52. The molecule has 26 heavy (non-hydrogen) atoms. The lowest BCUT2D eigenvalue weighted by Gasteiger charge is -2.31. The molecule has 0 spiro atoms. The molecule has 0 aliphatic carbocycles. The second-order valence-electron chi connectivity index (χ2n) is 6.50. The number of ether oxygens (including phenoxy) is 1. The maximum absolute atomic E-state index is 6.52. The number of halogens is 1. The van der Waals surface area contributed by atoms with Gasteiger partial charge in [0.2, 0.25) is 0 Å². The minimum Gasteiger partial charge on any atom is -0.497 e. The lowest BCUT2D eigenvalue weighted by atomic mass is 10.0. The van der Waals surface area contributed by atoms with Crippen molar-refractivity contribution in [1.29, 1.82) is 0 Å². The van der Waals surface area contributed by atoms with Gasteiger partial charge in [-0.25, -0.2) is 0 Å². The summed E-state index contributed by atoms with van der Waals surface area (Å²) in [6.45, 7) is 4.59. The summed E-state index contributed by atoms with van der Waals surface area (Å²) in [4.78, 5) is 7.07. The first-order valence-corrected chi connectivity index (χ1v) is 9.27. The number of nitrogens with zero attached hydrogens (tertiary/aromatic N) is 2. The Morgan fingerprint density at radius 2 is 1.92 bits per heavy atom. The van der Waals surface area contributed by atoms with E-state index in [1.54, 1.807) is 7.11 Å². The van der Waals surface area contributed by atoms with E-state index in [1.807, 2.05) is 18.3 Å². The molecule has 5 heteroatoms. The number of methoxy groups -OCH3 is 1. The molecular weight excluding hydrogens is 346 g/mol. The standard InChI is InChI=1S/C21H22ClN3O/c1-26-17-4-2-16-13-24-14-19-18(5-3-15(16)12-17)21(7-6-20(19)22)25-10-8-23-9-11-25/h2-7,12,14,23H,8-11,13H2,1H3. The molecule has 1 saturated heterocycles. The minimum absolute atomic E-state index is 0.622. The van der Waals surface area contributed by atoms with E-state index in [2.05, 4.69) is 45.6 Å². The molecule has 4 nitrogen and oxygen atoms in total. The van der Waals surface area contributed by atoms with Crippen LogP contribution in [0, 0.1) is 0 Å². The van der Waals surface area contributed by atoms with Crippen molar-refractivity contribution in [1.82, 2.24) is 5.32 Å². The summed E-state index contributed by atoms with van der Waals surface area (Å²) >= 11 is 6.52. The van der Waals surface area contributed by atoms with E-state index in [4.69, 9.17) is 16.3 Å². The number of piperazine rings is 1. The highest BCUT2D eigenvalue weighted by Gasteiger charge is 2.17. The smallest absolute Gasteiger partial charge is 0.119 e. The largest absolute Gasteiger partial charge is 0.497 e. The van der Waals surface area contributed by atoms with Gasteiger partial charge < -0.3 is 15.0 Å². The summed E-state index contributed by atoms with van der Waals surface area (Å²) in [6.07, 6.45) is 6.22. The van der Waals surface area contributed by atoms with Gasteiger partial charge in [-0.15, -0.1) is 0 Å². The Kier molecular flexibility index (Phi) is 4.96. The summed E-state index contributed by atoms with van der Waals surface area (Å²) in [6, 6.07) is 10.2. The molecule has 0 unspecified atom stereocenters. The van der Waals surface area contributed by atoms with E-state index >= 15 is 0 Å². The topological polar surface area (TPSA) is 36.9 Å². The lowest BCUT2D eigenvalue weighted by Crippen LogP contribution is -2.43. The molecule has 0 amide bonds. The van der Waals surface area contributed by atoms with Crippen molar-refractivity contribution in [3.63, 3.8) is 0 Å². The molecule has 134 valence electrons. The molecular formula is C21H22ClN3O. The number of hydrogen-bond donors (Lipinski definition) is 1. The number of nitrogens with one attached hydrogen (secondary N) is 1. The number of fused-ring (bicyclic) bond motifs is 2. The van der Waals surface area contributed by atoms with Crippen LogP contribution in [-0.4, -0.2) is 39.5 Å². The zero-order valence-corrected chi connectivity index (χ0v) is 15.6. The summed E-state index contributed by atoms with van der Waals surface area (Å²) in [5.41, 5.74) is 5.61. The van der Waals surface area contributed by atoms with E-state index in [0.717, 1.165) is 53.6 Å². The van der Waals surface area contributed by atoms with Gasteiger partial charge in [0.25, 0.3) is 0 Å². The number of anilines is 1. The molecule has 2 aliphatic rings. The average Bonchev–Trinajstić information content (AvgIpc) is 2.78. The zero-order valence-electron chi connectivity index (χ0n) is 14.8. The molecule has 0 bridgehead atoms. The maximum atomic E-state index is 6.52. The van der Waals surface area contributed by atoms with Crippen LogP contribution in [0.3, 0.4) is 0 Å². The van der Waals surface area contributed by atoms with E-state index in [0.29, 0.717) is 6.54 Å². The van der Waals surface area contributed by atoms with Crippen LogP contribution >= 0.6 is 11.6 Å². The molecule has 2 aromatic carbocycles. The van der Waals surface area contributed by atoms with Crippen molar-refractivity contribution in [2.75, 3.05) is 38.2 Å². The molecule has 2 aliphatic heterocycles. The Hall–Kier alpha value is -2.30. The van der Waals surface area contributed by atoms with Crippen LogP contribution in [0.15, 0.2) is 35.3 Å². The molecule has 0 saturated carbocycles. The fraction of sp³-hybridized carbons (Fsp3) is 0.286. The maximum Gasteiger partial charge on any atom is 0.119 e. The third-order valence-corrected chi connectivity index (χ3v) is 5.26. The molecule has 4 rings (SSSR count). The van der Waals surface area contributed by atoms with Crippen molar-refractivity contribution in [3.05, 3.63) is 57.6 Å². The van der Waals surface area contributed by atoms with Crippen molar-refractivity contribution in [2.45, 2.75) is 6.54 Å². The molecule has 2 heterocycles. The highest BCUT2D eigenvalue weighted by atomic mass is 35.5. The fourth-order valence-electron chi connectivity index (χ4n) is 3.49. The van der Waals surface area contributed by atoms with Crippen molar-refractivity contribution < 1.29 is 4.74 Å². The van der Waals surface area contributed by atoms with E-state index in [1.165, 1.54) is 11.3 Å². The predicted octanol–water partition coefficient (Wildman–Crippen LogP) is 3.86. The molecule has 1 fully saturated rings. The van der Waals surface area contributed by atoms with Gasteiger partial charge in [0.1, 0.15) is 5.75 Å². The molecule has 1 N–H and O–H groups in total. The average molecular weight is 368 g/mol. The Morgan fingerprint density at radius 1 is 1.08 bits per heavy atom. The zero-order chi connectivity index (χ0) is 17.9. The Bertz CT molecular complexity index is 870. The van der Waals surface area contributed by atoms with Crippen LogP contribution < -0.4 is 15.0 Å². The minimum atomic E-state index is 0.622. The summed E-state index contributed by atoms with van der Waals surface area (Å²) in [7, 11) is 1.69. The van der Waals surface area contributed by atoms with Gasteiger partial charge in [-0.1, -0.05) is 29.8 Å². The summed E-state index contributed by atoms with van der Waals surface area (Å²) < 4.78 is 5.38. The van der Waals surface area contributed by atoms with Gasteiger partial charge >= 0.3 is 0 Å². The van der Waals surface area contributed by atoms with Crippen molar-refractivity contribution >= 4 is 35.7 Å². The summed E-state index contributed by atoms with van der Waals surface area (Å²) in [5, 5.41) is 4.14. The number of aliphatic imine (C=N–C) groups is 1. The van der Waals surface area contributed by atoms with Gasteiger partial charge in [0.15, 0.2) is 0 Å². The Balaban J connectivity index is 1.83. The lowest BCUT2D eigenvalue weighted by molar-refractivity contribution is 0.414. The first kappa shape index (κ1) is 17.1. The highest BCUT2D eigenvalue weighted by molar-refractivity contribution is 6.33. The van der Waals surface area contributed by atoms with Crippen LogP contribution in [-0.2, 0) is 6.54 Å². The normalized spacial score (nSPS) is 16.3. The second-order valence-corrected chi connectivity index (χ2v) is 6.91. The summed E-state index contributed by atoms with van der Waals surface area (Å²) in [5.74, 6) is 0.852. The SMILES string of the molecule is COc1ccc2c(c1)C=Cc1c(N3CCNCC3)ccc(Cl)c1C=NC2. The number of benzene rings is 2. The van der Waals surface area contributed by atoms with Crippen molar-refractivity contribution in [2.24, 2.45) is 4.99 Å². The van der Waals surface area contributed by atoms with Gasteiger partial charge in [0.05, 0.1) is 18.7 Å². The monoisotopic (exact) mass is 367 g/mol. The number of hydrogen-bond acceptors (Lipinski definition) is 4. The van der Waals surface area contributed by atoms with Gasteiger partial charge in [0, 0.05) is 49.2 Å². The van der Waals surface area contributed by atoms with Crippen LogP contribution in [0.5, 0.6) is 5.75 Å². The van der Waals surface area contributed by atoms with Crippen LogP contribution in [0.1, 0.15) is 22.3 Å². The van der Waals surface area contributed by atoms with Crippen LogP contribution in [0.4, 0.5) is 5.69 Å². The molecule has 0 atom stereocenters. The Labute approximate surface area is 159 Å². The quantitative estimate of drug-likeness (QED) is 0.875. The van der Waals surface area contributed by atoms with E-state index in [-0.39, 0.29) is 0 Å². The molecule has 0 radical (unpaired) electrons. The van der Waals surface area contributed by atoms with E-state index in [9.17, 15) is 0 Å². The van der Waals surface area contributed by atoms with Gasteiger partial charge in [-0.3, -0.25) is 4.99 Å². The molecule has 2 aromatic rings. The third kappa shape index (κ3) is 3.35.